The van der Waals surface area contributed by atoms with Gasteiger partial charge in [-0.2, -0.15) is 0 Å². The lowest BCUT2D eigenvalue weighted by Gasteiger charge is -2.35. The van der Waals surface area contributed by atoms with Gasteiger partial charge in [-0.1, -0.05) is 24.3 Å². The largest absolute Gasteiger partial charge is 0.389 e. The summed E-state index contributed by atoms with van der Waals surface area (Å²) in [5.41, 5.74) is 2.72. The highest BCUT2D eigenvalue weighted by Gasteiger charge is 2.23. The number of benzene rings is 1. The number of aryl methyl sites for hydroxylation is 1. The second-order valence-electron chi connectivity index (χ2n) is 7.20. The molecule has 1 aromatic rings. The van der Waals surface area contributed by atoms with Crippen LogP contribution in [-0.2, 0) is 15.9 Å². The van der Waals surface area contributed by atoms with Crippen LogP contribution in [0.25, 0.3) is 0 Å². The molecule has 2 atom stereocenters. The number of piperazine rings is 1. The Labute approximate surface area is 151 Å². The first-order valence-corrected chi connectivity index (χ1v) is 9.57. The van der Waals surface area contributed by atoms with Crippen LogP contribution in [0.1, 0.15) is 30.1 Å². The molecule has 0 amide bonds. The van der Waals surface area contributed by atoms with E-state index < -0.39 is 6.10 Å². The molecular formula is C20H32N2O3. The maximum atomic E-state index is 10.4. The number of β-amino-alcohol motifs (C(OH)–C–C–N with tert-alkyl or cyclic N) is 1. The minimum atomic E-state index is -0.417. The van der Waals surface area contributed by atoms with Gasteiger partial charge in [0.15, 0.2) is 0 Å². The normalized spacial score (nSPS) is 23.4. The molecule has 0 saturated carbocycles. The van der Waals surface area contributed by atoms with Crippen molar-refractivity contribution < 1.29 is 14.6 Å². The van der Waals surface area contributed by atoms with Crippen molar-refractivity contribution in [1.29, 1.82) is 0 Å². The summed E-state index contributed by atoms with van der Waals surface area (Å²) in [4.78, 5) is 4.76. The van der Waals surface area contributed by atoms with Gasteiger partial charge in [-0.25, -0.2) is 0 Å². The third-order valence-electron chi connectivity index (χ3n) is 5.35. The number of ether oxygens (including phenoxy) is 2. The Bertz CT molecular complexity index is 517. The summed E-state index contributed by atoms with van der Waals surface area (Å²) in [5.74, 6) is 0. The van der Waals surface area contributed by atoms with Crippen LogP contribution in [0.4, 0.5) is 0 Å². The van der Waals surface area contributed by atoms with Crippen LogP contribution in [0.5, 0.6) is 0 Å². The van der Waals surface area contributed by atoms with Crippen molar-refractivity contribution in [1.82, 2.24) is 9.80 Å². The number of hydrogen-bond donors (Lipinski definition) is 1. The minimum absolute atomic E-state index is 0.144. The van der Waals surface area contributed by atoms with E-state index >= 15 is 0 Å². The molecule has 1 aliphatic carbocycles. The van der Waals surface area contributed by atoms with E-state index in [1.807, 2.05) is 0 Å². The van der Waals surface area contributed by atoms with E-state index in [4.69, 9.17) is 9.47 Å². The summed E-state index contributed by atoms with van der Waals surface area (Å²) in [7, 11) is 1.75. The van der Waals surface area contributed by atoms with Crippen LogP contribution in [0, 0.1) is 0 Å². The monoisotopic (exact) mass is 348 g/mol. The maximum Gasteiger partial charge on any atom is 0.0900 e. The topological polar surface area (TPSA) is 45.2 Å². The average Bonchev–Trinajstić information content (AvgIpc) is 2.66. The van der Waals surface area contributed by atoms with Crippen LogP contribution < -0.4 is 0 Å². The molecule has 140 valence electrons. The molecule has 1 aliphatic heterocycles. The molecule has 5 nitrogen and oxygen atoms in total. The highest BCUT2D eigenvalue weighted by Crippen LogP contribution is 2.32. The van der Waals surface area contributed by atoms with Gasteiger partial charge in [-0.15, -0.1) is 0 Å². The Kier molecular flexibility index (Phi) is 7.25. The van der Waals surface area contributed by atoms with Crippen LogP contribution >= 0.6 is 0 Å². The van der Waals surface area contributed by atoms with Crippen molar-refractivity contribution in [3.8, 4) is 0 Å². The maximum absolute atomic E-state index is 10.4. The smallest absolute Gasteiger partial charge is 0.0900 e. The minimum Gasteiger partial charge on any atom is -0.389 e. The van der Waals surface area contributed by atoms with Gasteiger partial charge in [0, 0.05) is 46.4 Å². The summed E-state index contributed by atoms with van der Waals surface area (Å²) in [6.45, 7) is 7.02. The van der Waals surface area contributed by atoms with Gasteiger partial charge in [-0.3, -0.25) is 9.80 Å². The van der Waals surface area contributed by atoms with Crippen molar-refractivity contribution in [2.75, 3.05) is 59.6 Å². The van der Waals surface area contributed by atoms with Crippen LogP contribution in [0.3, 0.4) is 0 Å². The van der Waals surface area contributed by atoms with Gasteiger partial charge < -0.3 is 14.6 Å². The molecule has 1 fully saturated rings. The van der Waals surface area contributed by atoms with Gasteiger partial charge in [-0.05, 0) is 30.4 Å². The number of rotatable bonds is 8. The van der Waals surface area contributed by atoms with E-state index in [9.17, 15) is 5.11 Å². The molecule has 0 bridgehead atoms. The van der Waals surface area contributed by atoms with Crippen LogP contribution in [0.2, 0.25) is 0 Å². The van der Waals surface area contributed by atoms with Crippen molar-refractivity contribution in [3.63, 3.8) is 0 Å². The lowest BCUT2D eigenvalue weighted by molar-refractivity contribution is -0.0327. The summed E-state index contributed by atoms with van der Waals surface area (Å²) in [6.07, 6.45) is 3.10. The van der Waals surface area contributed by atoms with Gasteiger partial charge >= 0.3 is 0 Å². The van der Waals surface area contributed by atoms with E-state index in [2.05, 4.69) is 34.1 Å². The molecule has 5 heteroatoms. The number of nitrogens with zero attached hydrogens (tertiary/aromatic N) is 2. The zero-order valence-electron chi connectivity index (χ0n) is 15.4. The molecule has 3 rings (SSSR count). The first-order chi connectivity index (χ1) is 12.3. The Morgan fingerprint density at radius 1 is 1.16 bits per heavy atom. The predicted octanol–water partition coefficient (Wildman–Crippen LogP) is 1.71. The Morgan fingerprint density at radius 3 is 2.72 bits per heavy atom. The zero-order chi connectivity index (χ0) is 17.5. The SMILES string of the molecule is COCCN1CCN(C[C@@H](O)CO[C@H]2CCCc3ccccc32)CC1. The number of hydrogen-bond acceptors (Lipinski definition) is 5. The van der Waals surface area contributed by atoms with E-state index in [-0.39, 0.29) is 6.10 Å². The fourth-order valence-electron chi connectivity index (χ4n) is 3.88. The van der Waals surface area contributed by atoms with Gasteiger partial charge in [0.2, 0.25) is 0 Å². The fourth-order valence-corrected chi connectivity index (χ4v) is 3.88. The molecule has 25 heavy (non-hydrogen) atoms. The molecule has 1 heterocycles. The summed E-state index contributed by atoms with van der Waals surface area (Å²) in [6, 6.07) is 8.55. The quantitative estimate of drug-likeness (QED) is 0.775. The molecule has 1 N–H and O–H groups in total. The molecule has 0 unspecified atom stereocenters. The van der Waals surface area contributed by atoms with Crippen molar-refractivity contribution in [3.05, 3.63) is 35.4 Å². The third-order valence-corrected chi connectivity index (χ3v) is 5.35. The molecule has 1 saturated heterocycles. The van der Waals surface area contributed by atoms with Gasteiger partial charge in [0.25, 0.3) is 0 Å². The Morgan fingerprint density at radius 2 is 1.92 bits per heavy atom. The number of fused-ring (bicyclic) bond motifs is 1. The summed E-state index contributed by atoms with van der Waals surface area (Å²) < 4.78 is 11.2. The number of aliphatic hydroxyl groups excluding tert-OH is 1. The average molecular weight is 348 g/mol. The molecular weight excluding hydrogens is 316 g/mol. The van der Waals surface area contributed by atoms with Crippen molar-refractivity contribution >= 4 is 0 Å². The standard InChI is InChI=1S/C20H32N2O3/c1-24-14-13-21-9-11-22(12-10-21)15-18(23)16-25-20-8-4-6-17-5-2-3-7-19(17)20/h2-3,5,7,18,20,23H,4,6,8-16H2,1H3/t18-,20+/m1/s1. The Hall–Kier alpha value is -0.980. The molecule has 0 radical (unpaired) electrons. The third kappa shape index (κ3) is 5.50. The number of aliphatic hydroxyl groups is 1. The fraction of sp³-hybridized carbons (Fsp3) is 0.700. The second-order valence-corrected chi connectivity index (χ2v) is 7.20. The first kappa shape index (κ1) is 18.8. The molecule has 1 aromatic carbocycles. The van der Waals surface area contributed by atoms with Gasteiger partial charge in [0.1, 0.15) is 0 Å². The predicted molar refractivity (Wildman–Crippen MR) is 98.8 cm³/mol. The van der Waals surface area contributed by atoms with E-state index in [1.165, 1.54) is 17.5 Å². The van der Waals surface area contributed by atoms with Gasteiger partial charge in [0.05, 0.1) is 25.4 Å². The molecule has 0 aromatic heterocycles. The van der Waals surface area contributed by atoms with Crippen molar-refractivity contribution in [2.24, 2.45) is 0 Å². The summed E-state index contributed by atoms with van der Waals surface area (Å²) in [5, 5.41) is 10.4. The second kappa shape index (κ2) is 9.64. The highest BCUT2D eigenvalue weighted by atomic mass is 16.5. The first-order valence-electron chi connectivity index (χ1n) is 9.57. The van der Waals surface area contributed by atoms with E-state index in [0.29, 0.717) is 13.2 Å². The molecule has 2 aliphatic rings. The Balaban J connectivity index is 1.39. The highest BCUT2D eigenvalue weighted by molar-refractivity contribution is 5.31. The van der Waals surface area contributed by atoms with Crippen LogP contribution in [-0.4, -0.2) is 80.6 Å². The van der Waals surface area contributed by atoms with Crippen LogP contribution in [0.15, 0.2) is 24.3 Å². The molecule has 0 spiro atoms. The summed E-state index contributed by atoms with van der Waals surface area (Å²) >= 11 is 0. The van der Waals surface area contributed by atoms with E-state index in [1.54, 1.807) is 7.11 Å². The van der Waals surface area contributed by atoms with Crippen molar-refractivity contribution in [2.45, 2.75) is 31.5 Å². The number of methoxy groups -OCH3 is 1. The van der Waals surface area contributed by atoms with E-state index in [0.717, 1.165) is 52.2 Å². The lowest BCUT2D eigenvalue weighted by Crippen LogP contribution is -2.49. The lowest BCUT2D eigenvalue weighted by atomic mass is 9.89. The zero-order valence-corrected chi connectivity index (χ0v) is 15.4.